The summed E-state index contributed by atoms with van der Waals surface area (Å²) in [5.74, 6) is -5.18. The molecular weight excluding hydrogens is 499 g/mol. The molecule has 2 aromatic carbocycles. The second kappa shape index (κ2) is 14.0. The number of esters is 1. The number of phenols is 2. The van der Waals surface area contributed by atoms with Gasteiger partial charge in [-0.3, -0.25) is 14.7 Å². The van der Waals surface area contributed by atoms with Gasteiger partial charge < -0.3 is 35.0 Å². The normalized spacial score (nSPS) is 13.7. The molecule has 0 aliphatic heterocycles. The number of nitrogens with zero attached hydrogens (tertiary/aromatic N) is 1. The molecule has 2 unspecified atom stereocenters. The Kier molecular flexibility index (Phi) is 11.8. The van der Waals surface area contributed by atoms with Crippen LogP contribution in [-0.2, 0) is 25.4 Å². The minimum Gasteiger partial charge on any atom is -0.504 e. The summed E-state index contributed by atoms with van der Waals surface area (Å²) >= 11 is 0. The predicted octanol–water partition coefficient (Wildman–Crippen LogP) is 3.15. The number of rotatable bonds is 10. The van der Waals surface area contributed by atoms with Gasteiger partial charge in [-0.2, -0.15) is 0 Å². The van der Waals surface area contributed by atoms with Crippen molar-refractivity contribution in [1.29, 1.82) is 0 Å². The van der Waals surface area contributed by atoms with Crippen molar-refractivity contribution in [1.82, 2.24) is 5.32 Å². The lowest BCUT2D eigenvalue weighted by molar-refractivity contribution is -0.386. The number of nitro benzene ring substituents is 1. The van der Waals surface area contributed by atoms with Gasteiger partial charge in [0.25, 0.3) is 0 Å². The molecule has 14 heteroatoms. The Morgan fingerprint density at radius 1 is 1.17 bits per heavy atom. The van der Waals surface area contributed by atoms with Gasteiger partial charge in [-0.25, -0.2) is 9.59 Å². The molecule has 5 N–H and O–H groups in total. The first-order chi connectivity index (χ1) is 17.0. The van der Waals surface area contributed by atoms with E-state index in [1.807, 2.05) is 13.8 Å². The summed E-state index contributed by atoms with van der Waals surface area (Å²) in [6.07, 6.45) is -2.17. The van der Waals surface area contributed by atoms with Gasteiger partial charge in [0.05, 0.1) is 12.0 Å². The van der Waals surface area contributed by atoms with Crippen LogP contribution in [0.2, 0.25) is 0 Å². The molecule has 0 spiro atoms. The molecule has 0 aliphatic carbocycles. The number of aliphatic hydroxyl groups excluding tert-OH is 1. The average Bonchev–Trinajstić information content (AvgIpc) is 2.87. The van der Waals surface area contributed by atoms with Gasteiger partial charge >= 0.3 is 17.7 Å². The second-order valence-electron chi connectivity index (χ2n) is 7.09. The number of nitro groups is 1. The molecule has 0 bridgehead atoms. The van der Waals surface area contributed by atoms with Crippen LogP contribution in [0.1, 0.15) is 37.2 Å². The number of alkyl carbamates (subject to hydrolysis) is 1. The predicted molar refractivity (Wildman–Crippen MR) is 128 cm³/mol. The number of hydrogen-bond donors (Lipinski definition) is 5. The fourth-order valence-electron chi connectivity index (χ4n) is 2.88. The van der Waals surface area contributed by atoms with Gasteiger partial charge in [0, 0.05) is 17.8 Å². The molecule has 0 saturated carbocycles. The molecule has 3 atom stereocenters. The molecule has 0 fully saturated rings. The number of hydrogen-bond acceptors (Lipinski definition) is 10. The standard InChI is InChI=1S/C20H23N2O11P.C2H6/c1-32-18(25)14(21-20(27)33-11-12-5-3-2-4-6-12)7-8-34(30,31)19(26)13-9-15(22(28)29)17(24)16(23)10-13;1-2/h2-6,9-10,14,19,23-24,26H,7-8,11H2,1H3,(H,21,27)(H,30,31);1-2H3/t14-,19?;/m0./s1. The van der Waals surface area contributed by atoms with E-state index in [2.05, 4.69) is 10.1 Å². The van der Waals surface area contributed by atoms with E-state index in [0.717, 1.165) is 7.11 Å². The lowest BCUT2D eigenvalue weighted by Crippen LogP contribution is -2.42. The van der Waals surface area contributed by atoms with Crippen molar-refractivity contribution in [3.63, 3.8) is 0 Å². The lowest BCUT2D eigenvalue weighted by atomic mass is 10.2. The maximum atomic E-state index is 12.7. The Labute approximate surface area is 206 Å². The zero-order chi connectivity index (χ0) is 27.5. The summed E-state index contributed by atoms with van der Waals surface area (Å²) in [6.45, 7) is 3.90. The van der Waals surface area contributed by atoms with Crippen LogP contribution in [0.5, 0.6) is 11.5 Å². The average molecular weight is 528 g/mol. The Morgan fingerprint density at radius 3 is 2.33 bits per heavy atom. The lowest BCUT2D eigenvalue weighted by Gasteiger charge is -2.22. The van der Waals surface area contributed by atoms with Crippen LogP contribution in [0, 0.1) is 10.1 Å². The molecule has 13 nitrogen and oxygen atoms in total. The summed E-state index contributed by atoms with van der Waals surface area (Å²) in [7, 11) is -3.52. The van der Waals surface area contributed by atoms with Gasteiger partial charge in [0.15, 0.2) is 11.6 Å². The Balaban J connectivity index is 0.00000316. The zero-order valence-electron chi connectivity index (χ0n) is 19.9. The van der Waals surface area contributed by atoms with E-state index in [1.165, 1.54) is 0 Å². The van der Waals surface area contributed by atoms with E-state index in [0.29, 0.717) is 17.7 Å². The van der Waals surface area contributed by atoms with Crippen LogP contribution in [0.25, 0.3) is 0 Å². The third kappa shape index (κ3) is 8.52. The molecule has 0 heterocycles. The molecular formula is C22H29N2O11P. The van der Waals surface area contributed by atoms with Gasteiger partial charge in [-0.05, 0) is 18.1 Å². The monoisotopic (exact) mass is 528 g/mol. The maximum absolute atomic E-state index is 12.7. The number of ether oxygens (including phenoxy) is 2. The van der Waals surface area contributed by atoms with E-state index in [1.54, 1.807) is 30.3 Å². The van der Waals surface area contributed by atoms with E-state index >= 15 is 0 Å². The van der Waals surface area contributed by atoms with E-state index in [-0.39, 0.29) is 6.61 Å². The fourth-order valence-corrected chi connectivity index (χ4v) is 4.37. The molecule has 2 rings (SSSR count). The minimum atomic E-state index is -4.56. The number of methoxy groups -OCH3 is 1. The van der Waals surface area contributed by atoms with Crippen LogP contribution < -0.4 is 5.32 Å². The molecule has 1 amide bonds. The highest BCUT2D eigenvalue weighted by Crippen LogP contribution is 2.56. The summed E-state index contributed by atoms with van der Waals surface area (Å²) in [5.41, 5.74) is -0.802. The summed E-state index contributed by atoms with van der Waals surface area (Å²) in [5, 5.41) is 42.7. The van der Waals surface area contributed by atoms with Crippen LogP contribution in [0.15, 0.2) is 42.5 Å². The Morgan fingerprint density at radius 2 is 1.78 bits per heavy atom. The first kappa shape index (κ1) is 30.4. The number of aliphatic hydroxyl groups is 1. The minimum absolute atomic E-state index is 0.0963. The molecule has 0 aliphatic rings. The van der Waals surface area contributed by atoms with Crippen molar-refractivity contribution < 1.29 is 48.8 Å². The molecule has 0 radical (unpaired) electrons. The highest BCUT2D eigenvalue weighted by atomic mass is 31.2. The van der Waals surface area contributed by atoms with Gasteiger partial charge in [0.2, 0.25) is 13.1 Å². The van der Waals surface area contributed by atoms with E-state index in [9.17, 15) is 44.5 Å². The summed E-state index contributed by atoms with van der Waals surface area (Å²) in [6, 6.07) is 8.60. The molecule has 0 aromatic heterocycles. The number of aromatic hydroxyl groups is 2. The number of nitrogens with one attached hydrogen (secondary N) is 1. The Hall–Kier alpha value is -3.67. The van der Waals surface area contributed by atoms with Crippen molar-refractivity contribution in [2.75, 3.05) is 13.3 Å². The van der Waals surface area contributed by atoms with Crippen molar-refractivity contribution in [3.8, 4) is 11.5 Å². The van der Waals surface area contributed by atoms with Crippen LogP contribution in [0.3, 0.4) is 0 Å². The van der Waals surface area contributed by atoms with Gasteiger partial charge in [-0.1, -0.05) is 44.2 Å². The van der Waals surface area contributed by atoms with Crippen LogP contribution >= 0.6 is 7.37 Å². The maximum Gasteiger partial charge on any atom is 0.408 e. The van der Waals surface area contributed by atoms with E-state index < -0.39 is 71.6 Å². The van der Waals surface area contributed by atoms with Crippen molar-refractivity contribution in [2.24, 2.45) is 0 Å². The number of benzene rings is 2. The quantitative estimate of drug-likeness (QED) is 0.0995. The SMILES string of the molecule is CC.COC(=O)[C@H](CCP(=O)(O)C(O)c1cc(O)c(O)c([N+](=O)[O-])c1)NC(=O)OCc1ccccc1. The topological polar surface area (TPSA) is 206 Å². The highest BCUT2D eigenvalue weighted by Gasteiger charge is 2.35. The van der Waals surface area contributed by atoms with Crippen LogP contribution in [0.4, 0.5) is 10.5 Å². The van der Waals surface area contributed by atoms with Gasteiger partial charge in [-0.15, -0.1) is 0 Å². The summed E-state index contributed by atoms with van der Waals surface area (Å²) < 4.78 is 22.3. The zero-order valence-corrected chi connectivity index (χ0v) is 20.8. The highest BCUT2D eigenvalue weighted by molar-refractivity contribution is 7.58. The van der Waals surface area contributed by atoms with Gasteiger partial charge in [0.1, 0.15) is 12.6 Å². The third-order valence-electron chi connectivity index (χ3n) is 4.70. The first-order valence-corrected chi connectivity index (χ1v) is 12.6. The summed E-state index contributed by atoms with van der Waals surface area (Å²) in [4.78, 5) is 44.3. The molecule has 2 aromatic rings. The number of carbonyl (C=O) groups excluding carboxylic acids is 2. The van der Waals surface area contributed by atoms with Crippen molar-refractivity contribution in [3.05, 3.63) is 63.7 Å². The number of phenolic OH excluding ortho intramolecular Hbond substituents is 2. The van der Waals surface area contributed by atoms with Crippen molar-refractivity contribution in [2.45, 2.75) is 38.8 Å². The van der Waals surface area contributed by atoms with Crippen LogP contribution in [-0.4, -0.2) is 56.5 Å². The second-order valence-corrected chi connectivity index (χ2v) is 9.54. The Bertz CT molecular complexity index is 1090. The third-order valence-corrected chi connectivity index (χ3v) is 6.66. The number of amides is 1. The molecule has 0 saturated heterocycles. The first-order valence-electron chi connectivity index (χ1n) is 10.7. The molecule has 36 heavy (non-hydrogen) atoms. The molecule has 198 valence electrons. The van der Waals surface area contributed by atoms with Crippen molar-refractivity contribution >= 4 is 25.1 Å². The number of carbonyl (C=O) groups is 2. The fraction of sp³-hybridized carbons (Fsp3) is 0.364. The van der Waals surface area contributed by atoms with E-state index in [4.69, 9.17) is 4.74 Å². The smallest absolute Gasteiger partial charge is 0.408 e. The largest absolute Gasteiger partial charge is 0.504 e.